The molecule has 0 saturated heterocycles. The largest absolute Gasteiger partial charge is 0.495 e. The number of rotatable bonds is 9. The Morgan fingerprint density at radius 1 is 0.968 bits per heavy atom. The molecule has 3 aromatic rings. The van der Waals surface area contributed by atoms with Crippen LogP contribution >= 0.6 is 0 Å². The zero-order valence-corrected chi connectivity index (χ0v) is 18.7. The maximum Gasteiger partial charge on any atom is 0.243 e. The fourth-order valence-corrected chi connectivity index (χ4v) is 4.89. The molecule has 0 radical (unpaired) electrons. The number of ether oxygens (including phenoxy) is 1. The smallest absolute Gasteiger partial charge is 0.243 e. The Balaban J connectivity index is 1.78. The summed E-state index contributed by atoms with van der Waals surface area (Å²) in [6.45, 7) is 4.31. The van der Waals surface area contributed by atoms with Crippen LogP contribution in [-0.4, -0.2) is 45.4 Å². The van der Waals surface area contributed by atoms with Crippen LogP contribution in [0.1, 0.15) is 13.8 Å². The van der Waals surface area contributed by atoms with Gasteiger partial charge in [0.25, 0.3) is 0 Å². The molecule has 0 aliphatic rings. The van der Waals surface area contributed by atoms with E-state index in [1.807, 2.05) is 42.5 Å². The van der Waals surface area contributed by atoms with Gasteiger partial charge in [0.1, 0.15) is 5.75 Å². The Morgan fingerprint density at radius 2 is 1.68 bits per heavy atom. The van der Waals surface area contributed by atoms with Crippen molar-refractivity contribution in [1.29, 1.82) is 0 Å². The van der Waals surface area contributed by atoms with Gasteiger partial charge in [-0.2, -0.15) is 4.31 Å². The molecule has 0 fully saturated rings. The summed E-state index contributed by atoms with van der Waals surface area (Å²) in [5.74, 6) is 0.0700. The second-order valence-corrected chi connectivity index (χ2v) is 8.82. The van der Waals surface area contributed by atoms with Crippen molar-refractivity contribution in [2.75, 3.05) is 37.4 Å². The molecular formula is C23H27N3O4S. The van der Waals surface area contributed by atoms with Crippen LogP contribution < -0.4 is 15.4 Å². The average Bonchev–Trinajstić information content (AvgIpc) is 2.78. The summed E-state index contributed by atoms with van der Waals surface area (Å²) in [5.41, 5.74) is 1.15. The highest BCUT2D eigenvalue weighted by Crippen LogP contribution is 2.29. The maximum atomic E-state index is 12.8. The van der Waals surface area contributed by atoms with Crippen LogP contribution in [-0.2, 0) is 14.8 Å². The molecule has 3 rings (SSSR count). The fourth-order valence-electron chi connectivity index (χ4n) is 3.41. The van der Waals surface area contributed by atoms with Crippen LogP contribution in [0.3, 0.4) is 0 Å². The summed E-state index contributed by atoms with van der Waals surface area (Å²) in [5, 5.41) is 7.99. The van der Waals surface area contributed by atoms with Gasteiger partial charge in [0.05, 0.1) is 24.2 Å². The Morgan fingerprint density at radius 3 is 2.39 bits per heavy atom. The highest BCUT2D eigenvalue weighted by Gasteiger charge is 2.23. The second kappa shape index (κ2) is 9.80. The molecule has 7 nitrogen and oxygen atoms in total. The monoisotopic (exact) mass is 441 g/mol. The van der Waals surface area contributed by atoms with Crippen molar-refractivity contribution in [2.24, 2.45) is 0 Å². The Bertz CT molecular complexity index is 1170. The van der Waals surface area contributed by atoms with Crippen LogP contribution in [0.25, 0.3) is 10.8 Å². The van der Waals surface area contributed by atoms with E-state index in [-0.39, 0.29) is 17.3 Å². The van der Waals surface area contributed by atoms with Gasteiger partial charge < -0.3 is 15.4 Å². The number of hydrogen-bond acceptors (Lipinski definition) is 5. The second-order valence-electron chi connectivity index (χ2n) is 6.88. The van der Waals surface area contributed by atoms with E-state index in [4.69, 9.17) is 4.74 Å². The Kier molecular flexibility index (Phi) is 7.14. The number of benzene rings is 3. The first-order chi connectivity index (χ1) is 14.9. The highest BCUT2D eigenvalue weighted by atomic mass is 32.2. The summed E-state index contributed by atoms with van der Waals surface area (Å²) in [6.07, 6.45) is 0. The van der Waals surface area contributed by atoms with Gasteiger partial charge in [-0.15, -0.1) is 0 Å². The summed E-state index contributed by atoms with van der Waals surface area (Å²) in [7, 11) is -2.18. The van der Waals surface area contributed by atoms with Crippen molar-refractivity contribution in [2.45, 2.75) is 18.7 Å². The Labute approximate surface area is 183 Å². The van der Waals surface area contributed by atoms with E-state index < -0.39 is 10.0 Å². The van der Waals surface area contributed by atoms with Gasteiger partial charge in [-0.25, -0.2) is 8.42 Å². The summed E-state index contributed by atoms with van der Waals surface area (Å²) >= 11 is 0. The molecule has 0 bridgehead atoms. The summed E-state index contributed by atoms with van der Waals surface area (Å²) < 4.78 is 32.3. The van der Waals surface area contributed by atoms with Crippen molar-refractivity contribution in [1.82, 2.24) is 4.31 Å². The van der Waals surface area contributed by atoms with Crippen molar-refractivity contribution < 1.29 is 17.9 Å². The molecular weight excluding hydrogens is 414 g/mol. The van der Waals surface area contributed by atoms with Crippen LogP contribution in [0, 0.1) is 0 Å². The lowest BCUT2D eigenvalue weighted by Gasteiger charge is -2.19. The molecule has 164 valence electrons. The van der Waals surface area contributed by atoms with Gasteiger partial charge in [0.15, 0.2) is 0 Å². The van der Waals surface area contributed by atoms with Crippen molar-refractivity contribution in [3.05, 3.63) is 60.7 Å². The lowest BCUT2D eigenvalue weighted by molar-refractivity contribution is -0.114. The van der Waals surface area contributed by atoms with Gasteiger partial charge in [-0.1, -0.05) is 50.2 Å². The number of hydrogen-bond donors (Lipinski definition) is 2. The van der Waals surface area contributed by atoms with Gasteiger partial charge in [0.2, 0.25) is 15.9 Å². The van der Waals surface area contributed by atoms with E-state index in [0.29, 0.717) is 24.5 Å². The van der Waals surface area contributed by atoms with E-state index >= 15 is 0 Å². The first-order valence-corrected chi connectivity index (χ1v) is 11.5. The van der Waals surface area contributed by atoms with E-state index in [9.17, 15) is 13.2 Å². The minimum absolute atomic E-state index is 0.0180. The highest BCUT2D eigenvalue weighted by molar-refractivity contribution is 7.89. The standard InChI is InChI=1S/C23H27N3O4S/c1-4-26(5-2)31(28,29)18-13-14-22(30-3)21(15-18)25-23(27)16-24-20-12-8-10-17-9-6-7-11-19(17)20/h6-15,24H,4-5,16H2,1-3H3,(H,25,27). The third-order valence-corrected chi connectivity index (χ3v) is 7.06. The maximum absolute atomic E-state index is 12.8. The molecule has 0 saturated carbocycles. The molecule has 1 amide bonds. The molecule has 3 aromatic carbocycles. The van der Waals surface area contributed by atoms with E-state index in [2.05, 4.69) is 10.6 Å². The third-order valence-electron chi connectivity index (χ3n) is 5.02. The number of methoxy groups -OCH3 is 1. The molecule has 2 N–H and O–H groups in total. The summed E-state index contributed by atoms with van der Waals surface area (Å²) in [4.78, 5) is 12.7. The number of carbonyl (C=O) groups excluding carboxylic acids is 1. The summed E-state index contributed by atoms with van der Waals surface area (Å²) in [6, 6.07) is 18.2. The lowest BCUT2D eigenvalue weighted by atomic mass is 10.1. The van der Waals surface area contributed by atoms with Gasteiger partial charge in [-0.3, -0.25) is 4.79 Å². The predicted octanol–water partition coefficient (Wildman–Crippen LogP) is 3.93. The Hall–Kier alpha value is -3.10. The average molecular weight is 442 g/mol. The van der Waals surface area contributed by atoms with Gasteiger partial charge in [-0.05, 0) is 29.7 Å². The number of nitrogens with one attached hydrogen (secondary N) is 2. The van der Waals surface area contributed by atoms with Crippen molar-refractivity contribution in [3.63, 3.8) is 0 Å². The molecule has 31 heavy (non-hydrogen) atoms. The zero-order chi connectivity index (χ0) is 22.4. The molecule has 0 atom stereocenters. The molecule has 0 aliphatic carbocycles. The molecule has 0 heterocycles. The van der Waals surface area contributed by atoms with E-state index in [1.54, 1.807) is 19.9 Å². The van der Waals surface area contributed by atoms with Crippen LogP contribution in [0.4, 0.5) is 11.4 Å². The molecule has 8 heteroatoms. The number of carbonyl (C=O) groups is 1. The normalized spacial score (nSPS) is 11.5. The van der Waals surface area contributed by atoms with Gasteiger partial charge >= 0.3 is 0 Å². The first kappa shape index (κ1) is 22.6. The molecule has 0 spiro atoms. The van der Waals surface area contributed by atoms with Crippen molar-refractivity contribution >= 4 is 38.1 Å². The third kappa shape index (κ3) is 4.98. The molecule has 0 aromatic heterocycles. The van der Waals surface area contributed by atoms with Crippen LogP contribution in [0.2, 0.25) is 0 Å². The number of amides is 1. The number of sulfonamides is 1. The van der Waals surface area contributed by atoms with Crippen molar-refractivity contribution in [3.8, 4) is 5.75 Å². The number of anilines is 2. The zero-order valence-electron chi connectivity index (χ0n) is 17.9. The van der Waals surface area contributed by atoms with Crippen LogP contribution in [0.15, 0.2) is 65.6 Å². The predicted molar refractivity (Wildman–Crippen MR) is 124 cm³/mol. The number of fused-ring (bicyclic) bond motifs is 1. The van der Waals surface area contributed by atoms with Crippen LogP contribution in [0.5, 0.6) is 5.75 Å². The minimum atomic E-state index is -3.65. The topological polar surface area (TPSA) is 87.7 Å². The van der Waals surface area contributed by atoms with Gasteiger partial charge in [0, 0.05) is 24.2 Å². The molecule has 0 aliphatic heterocycles. The fraction of sp³-hybridized carbons (Fsp3) is 0.261. The number of nitrogens with zero attached hydrogens (tertiary/aromatic N) is 1. The SMILES string of the molecule is CCN(CC)S(=O)(=O)c1ccc(OC)c(NC(=O)CNc2cccc3ccccc23)c1. The van der Waals surface area contributed by atoms with E-state index in [1.165, 1.54) is 23.5 Å². The first-order valence-electron chi connectivity index (χ1n) is 10.1. The molecule has 0 unspecified atom stereocenters. The lowest BCUT2D eigenvalue weighted by Crippen LogP contribution is -2.30. The minimum Gasteiger partial charge on any atom is -0.495 e. The van der Waals surface area contributed by atoms with E-state index in [0.717, 1.165) is 16.5 Å². The quantitative estimate of drug-likeness (QED) is 0.525.